The lowest BCUT2D eigenvalue weighted by atomic mass is 10.2. The predicted molar refractivity (Wildman–Crippen MR) is 69.1 cm³/mol. The van der Waals surface area contributed by atoms with E-state index in [9.17, 15) is 4.79 Å². The summed E-state index contributed by atoms with van der Waals surface area (Å²) in [5.41, 5.74) is 0.0287. The molecule has 0 aliphatic heterocycles. The molecule has 0 fully saturated rings. The Balaban J connectivity index is 2.01. The van der Waals surface area contributed by atoms with Gasteiger partial charge in [-0.1, -0.05) is 19.0 Å². The van der Waals surface area contributed by atoms with Crippen LogP contribution in [0.5, 0.6) is 0 Å². The third kappa shape index (κ3) is 3.54. The Kier molecular flexibility index (Phi) is 4.16. The Morgan fingerprint density at radius 1 is 1.53 bits per heavy atom. The molecule has 2 aromatic heterocycles. The summed E-state index contributed by atoms with van der Waals surface area (Å²) in [5, 5.41) is 12.7. The number of aromatic nitrogens is 3. The van der Waals surface area contributed by atoms with E-state index in [-0.39, 0.29) is 11.6 Å². The molecule has 0 atom stereocenters. The van der Waals surface area contributed by atoms with E-state index in [1.807, 2.05) is 13.8 Å². The maximum Gasteiger partial charge on any atom is 0.354 e. The van der Waals surface area contributed by atoms with Crippen molar-refractivity contribution in [1.29, 1.82) is 0 Å². The van der Waals surface area contributed by atoms with Crippen molar-refractivity contribution in [3.05, 3.63) is 35.7 Å². The standard InChI is InChI=1S/C12H13N3O3S/c1-7(2)11-14-10(15-18-11)6-19-8-3-4-13-9(5-8)12(16)17/h3-5,7H,6H2,1-2H3,(H,16,17). The van der Waals surface area contributed by atoms with Gasteiger partial charge < -0.3 is 9.63 Å². The van der Waals surface area contributed by atoms with Crippen LogP contribution in [0, 0.1) is 0 Å². The smallest absolute Gasteiger partial charge is 0.354 e. The number of hydrogen-bond acceptors (Lipinski definition) is 6. The zero-order chi connectivity index (χ0) is 13.8. The maximum atomic E-state index is 10.8. The zero-order valence-electron chi connectivity index (χ0n) is 10.5. The molecule has 100 valence electrons. The van der Waals surface area contributed by atoms with Crippen LogP contribution in [0.15, 0.2) is 27.7 Å². The summed E-state index contributed by atoms with van der Waals surface area (Å²) < 4.78 is 5.10. The van der Waals surface area contributed by atoms with Gasteiger partial charge in [-0.25, -0.2) is 9.78 Å². The minimum atomic E-state index is -1.04. The quantitative estimate of drug-likeness (QED) is 0.841. The molecule has 0 saturated carbocycles. The molecule has 1 N–H and O–H groups in total. The summed E-state index contributed by atoms with van der Waals surface area (Å²) in [7, 11) is 0. The maximum absolute atomic E-state index is 10.8. The third-order valence-electron chi connectivity index (χ3n) is 2.30. The second kappa shape index (κ2) is 5.83. The molecule has 0 unspecified atom stereocenters. The van der Waals surface area contributed by atoms with Gasteiger partial charge >= 0.3 is 5.97 Å². The first-order chi connectivity index (χ1) is 9.06. The van der Waals surface area contributed by atoms with Gasteiger partial charge in [-0.3, -0.25) is 0 Å². The highest BCUT2D eigenvalue weighted by Crippen LogP contribution is 2.22. The van der Waals surface area contributed by atoms with Crippen LogP contribution in [0.1, 0.15) is 42.0 Å². The summed E-state index contributed by atoms with van der Waals surface area (Å²) in [6.45, 7) is 3.96. The van der Waals surface area contributed by atoms with Gasteiger partial charge in [-0.2, -0.15) is 4.98 Å². The lowest BCUT2D eigenvalue weighted by Crippen LogP contribution is -1.99. The number of pyridine rings is 1. The number of nitrogens with zero attached hydrogens (tertiary/aromatic N) is 3. The van der Waals surface area contributed by atoms with E-state index in [2.05, 4.69) is 15.1 Å². The highest BCUT2D eigenvalue weighted by atomic mass is 32.2. The molecule has 2 aromatic rings. The van der Waals surface area contributed by atoms with E-state index in [0.717, 1.165) is 4.90 Å². The molecule has 0 radical (unpaired) electrons. The van der Waals surface area contributed by atoms with E-state index in [1.165, 1.54) is 24.0 Å². The van der Waals surface area contributed by atoms with E-state index >= 15 is 0 Å². The first-order valence-electron chi connectivity index (χ1n) is 5.71. The molecule has 0 amide bonds. The van der Waals surface area contributed by atoms with Gasteiger partial charge in [0.2, 0.25) is 5.89 Å². The lowest BCUT2D eigenvalue weighted by Gasteiger charge is -1.99. The monoisotopic (exact) mass is 279 g/mol. The fourth-order valence-electron chi connectivity index (χ4n) is 1.33. The normalized spacial score (nSPS) is 10.9. The Hall–Kier alpha value is -1.89. The molecule has 0 aliphatic carbocycles. The van der Waals surface area contributed by atoms with Crippen LogP contribution in [0.4, 0.5) is 0 Å². The first-order valence-corrected chi connectivity index (χ1v) is 6.69. The summed E-state index contributed by atoms with van der Waals surface area (Å²) in [6, 6.07) is 3.27. The molecule has 0 saturated heterocycles. The van der Waals surface area contributed by atoms with Gasteiger partial charge in [0.1, 0.15) is 5.69 Å². The van der Waals surface area contributed by atoms with Crippen molar-refractivity contribution >= 4 is 17.7 Å². The zero-order valence-corrected chi connectivity index (χ0v) is 11.3. The number of carboxylic acid groups (broad SMARTS) is 1. The lowest BCUT2D eigenvalue weighted by molar-refractivity contribution is 0.0690. The Morgan fingerprint density at radius 2 is 2.32 bits per heavy atom. The summed E-state index contributed by atoms with van der Waals surface area (Å²) >= 11 is 1.44. The van der Waals surface area contributed by atoms with Crippen LogP contribution >= 0.6 is 11.8 Å². The van der Waals surface area contributed by atoms with Crippen LogP contribution in [0.3, 0.4) is 0 Å². The molecule has 0 spiro atoms. The molecule has 0 aromatic carbocycles. The minimum absolute atomic E-state index is 0.0287. The van der Waals surface area contributed by atoms with Crippen molar-refractivity contribution in [2.24, 2.45) is 0 Å². The predicted octanol–water partition coefficient (Wildman–Crippen LogP) is 2.58. The van der Waals surface area contributed by atoms with Gasteiger partial charge in [-0.15, -0.1) is 11.8 Å². The number of aromatic carboxylic acids is 1. The Bertz CT molecular complexity index is 583. The second-order valence-corrected chi connectivity index (χ2v) is 5.22. The van der Waals surface area contributed by atoms with Gasteiger partial charge in [0.05, 0.1) is 5.75 Å². The minimum Gasteiger partial charge on any atom is -0.477 e. The largest absolute Gasteiger partial charge is 0.477 e. The van der Waals surface area contributed by atoms with Crippen molar-refractivity contribution in [3.8, 4) is 0 Å². The Labute approximate surface area is 114 Å². The number of thioether (sulfide) groups is 1. The van der Waals surface area contributed by atoms with Crippen molar-refractivity contribution in [3.63, 3.8) is 0 Å². The van der Waals surface area contributed by atoms with Crippen LogP contribution < -0.4 is 0 Å². The Morgan fingerprint density at radius 3 is 2.95 bits per heavy atom. The van der Waals surface area contributed by atoms with E-state index in [1.54, 1.807) is 6.07 Å². The number of rotatable bonds is 5. The van der Waals surface area contributed by atoms with Crippen molar-refractivity contribution in [2.75, 3.05) is 0 Å². The second-order valence-electron chi connectivity index (χ2n) is 4.17. The number of carbonyl (C=O) groups is 1. The van der Waals surface area contributed by atoms with Crippen molar-refractivity contribution in [1.82, 2.24) is 15.1 Å². The molecule has 19 heavy (non-hydrogen) atoms. The van der Waals surface area contributed by atoms with Crippen molar-refractivity contribution < 1.29 is 14.4 Å². The molecule has 6 nitrogen and oxygen atoms in total. The SMILES string of the molecule is CC(C)c1nc(CSc2ccnc(C(=O)O)c2)no1. The van der Waals surface area contributed by atoms with Crippen LogP contribution in [-0.2, 0) is 5.75 Å². The highest BCUT2D eigenvalue weighted by molar-refractivity contribution is 7.98. The number of hydrogen-bond donors (Lipinski definition) is 1. The fraction of sp³-hybridized carbons (Fsp3) is 0.333. The average molecular weight is 279 g/mol. The summed E-state index contributed by atoms with van der Waals surface area (Å²) in [4.78, 5) is 19.6. The van der Waals surface area contributed by atoms with Gasteiger partial charge in [0.15, 0.2) is 5.82 Å². The van der Waals surface area contributed by atoms with E-state index in [4.69, 9.17) is 9.63 Å². The van der Waals surface area contributed by atoms with Crippen LogP contribution in [0.25, 0.3) is 0 Å². The molecule has 7 heteroatoms. The third-order valence-corrected chi connectivity index (χ3v) is 3.29. The molecule has 2 heterocycles. The van der Waals surface area contributed by atoms with Crippen LogP contribution in [0.2, 0.25) is 0 Å². The molecular weight excluding hydrogens is 266 g/mol. The van der Waals surface area contributed by atoms with Crippen molar-refractivity contribution in [2.45, 2.75) is 30.4 Å². The fourth-order valence-corrected chi connectivity index (χ4v) is 2.09. The average Bonchev–Trinajstić information content (AvgIpc) is 2.85. The van der Waals surface area contributed by atoms with Gasteiger partial charge in [-0.05, 0) is 12.1 Å². The molecular formula is C12H13N3O3S. The molecule has 0 bridgehead atoms. The molecule has 0 aliphatic rings. The van der Waals surface area contributed by atoms with Crippen LogP contribution in [-0.4, -0.2) is 26.2 Å². The van der Waals surface area contributed by atoms with Gasteiger partial charge in [0, 0.05) is 17.0 Å². The van der Waals surface area contributed by atoms with Gasteiger partial charge in [0.25, 0.3) is 0 Å². The highest BCUT2D eigenvalue weighted by Gasteiger charge is 2.11. The topological polar surface area (TPSA) is 89.1 Å². The molecule has 2 rings (SSSR count). The number of carboxylic acids is 1. The first kappa shape index (κ1) is 13.5. The summed E-state index contributed by atoms with van der Waals surface area (Å²) in [5.74, 6) is 0.896. The van der Waals surface area contributed by atoms with E-state index in [0.29, 0.717) is 17.5 Å². The summed E-state index contributed by atoms with van der Waals surface area (Å²) in [6.07, 6.45) is 1.47. The van der Waals surface area contributed by atoms with E-state index < -0.39 is 5.97 Å².